The Hall–Kier alpha value is -1.49. The first-order chi connectivity index (χ1) is 10.4. The second-order valence-electron chi connectivity index (χ2n) is 6.59. The number of rotatable bonds is 3. The van der Waals surface area contributed by atoms with E-state index in [2.05, 4.69) is 5.32 Å². The summed E-state index contributed by atoms with van der Waals surface area (Å²) in [5.41, 5.74) is 1.77. The molecule has 1 aromatic carbocycles. The van der Waals surface area contributed by atoms with Crippen molar-refractivity contribution in [3.05, 3.63) is 35.4 Å². The molecule has 2 aliphatic heterocycles. The van der Waals surface area contributed by atoms with Crippen molar-refractivity contribution in [1.29, 1.82) is 0 Å². The number of thioether (sulfide) groups is 1. The molecule has 22 heavy (non-hydrogen) atoms. The van der Waals surface area contributed by atoms with Crippen LogP contribution in [0, 0.1) is 0 Å². The quantitative estimate of drug-likeness (QED) is 0.932. The minimum absolute atomic E-state index is 0.0250. The van der Waals surface area contributed by atoms with Crippen molar-refractivity contribution in [1.82, 2.24) is 10.2 Å². The van der Waals surface area contributed by atoms with Crippen LogP contribution in [-0.2, 0) is 4.79 Å². The summed E-state index contributed by atoms with van der Waals surface area (Å²) in [6.45, 7) is 8.13. The highest BCUT2D eigenvalue weighted by Gasteiger charge is 2.57. The minimum Gasteiger partial charge on any atom is -0.352 e. The molecule has 0 spiro atoms. The highest BCUT2D eigenvalue weighted by molar-refractivity contribution is 8.01. The number of hydrogen-bond donors (Lipinski definition) is 1. The fourth-order valence-corrected chi connectivity index (χ4v) is 4.82. The zero-order valence-corrected chi connectivity index (χ0v) is 14.2. The number of carbonyl (C=O) groups is 2. The van der Waals surface area contributed by atoms with Crippen LogP contribution in [0.4, 0.5) is 0 Å². The van der Waals surface area contributed by atoms with Gasteiger partial charge in [-0.2, -0.15) is 0 Å². The molecule has 2 aliphatic rings. The first kappa shape index (κ1) is 15.4. The fourth-order valence-electron chi connectivity index (χ4n) is 3.23. The molecule has 0 aromatic heterocycles. The summed E-state index contributed by atoms with van der Waals surface area (Å²) in [7, 11) is 0. The molecule has 1 saturated heterocycles. The molecule has 5 heteroatoms. The first-order valence-corrected chi connectivity index (χ1v) is 8.64. The molecule has 0 unspecified atom stereocenters. The molecule has 2 heterocycles. The van der Waals surface area contributed by atoms with Gasteiger partial charge in [-0.1, -0.05) is 25.1 Å². The Balaban J connectivity index is 1.95. The largest absolute Gasteiger partial charge is 0.352 e. The lowest BCUT2D eigenvalue weighted by Gasteiger charge is -2.30. The number of carbonyl (C=O) groups excluding carboxylic acids is 2. The predicted octanol–water partition coefficient (Wildman–Crippen LogP) is 2.95. The van der Waals surface area contributed by atoms with Gasteiger partial charge in [-0.3, -0.25) is 9.59 Å². The van der Waals surface area contributed by atoms with Gasteiger partial charge in [0.2, 0.25) is 5.91 Å². The molecule has 0 aliphatic carbocycles. The van der Waals surface area contributed by atoms with Crippen molar-refractivity contribution in [2.45, 2.75) is 56.3 Å². The van der Waals surface area contributed by atoms with Crippen molar-refractivity contribution < 1.29 is 9.59 Å². The fraction of sp³-hybridized carbons (Fsp3) is 0.529. The molecule has 0 radical (unpaired) electrons. The molecule has 1 fully saturated rings. The zero-order valence-electron chi connectivity index (χ0n) is 13.4. The van der Waals surface area contributed by atoms with Gasteiger partial charge in [0.05, 0.1) is 0 Å². The Morgan fingerprint density at radius 1 is 1.41 bits per heavy atom. The summed E-state index contributed by atoms with van der Waals surface area (Å²) >= 11 is 1.70. The Morgan fingerprint density at radius 2 is 2.09 bits per heavy atom. The van der Waals surface area contributed by atoms with Crippen molar-refractivity contribution in [3.8, 4) is 0 Å². The lowest BCUT2D eigenvalue weighted by molar-refractivity contribution is -0.126. The molecule has 2 amide bonds. The molecule has 0 saturated carbocycles. The number of nitrogens with one attached hydrogen (secondary N) is 1. The summed E-state index contributed by atoms with van der Waals surface area (Å²) in [6.07, 6.45) is 0.879. The van der Waals surface area contributed by atoms with Gasteiger partial charge in [0.25, 0.3) is 5.91 Å². The van der Waals surface area contributed by atoms with Gasteiger partial charge < -0.3 is 10.2 Å². The highest BCUT2D eigenvalue weighted by Crippen LogP contribution is 2.56. The Morgan fingerprint density at radius 3 is 2.77 bits per heavy atom. The number of nitrogens with zero attached hydrogens (tertiary/aromatic N) is 1. The first-order valence-electron chi connectivity index (χ1n) is 7.76. The topological polar surface area (TPSA) is 49.4 Å². The summed E-state index contributed by atoms with van der Waals surface area (Å²) in [4.78, 5) is 27.3. The van der Waals surface area contributed by atoms with E-state index >= 15 is 0 Å². The molecular weight excluding hydrogens is 296 g/mol. The van der Waals surface area contributed by atoms with Crippen LogP contribution in [0.15, 0.2) is 24.3 Å². The van der Waals surface area contributed by atoms with Crippen LogP contribution >= 0.6 is 11.8 Å². The van der Waals surface area contributed by atoms with Crippen molar-refractivity contribution in [2.75, 3.05) is 0 Å². The van der Waals surface area contributed by atoms with E-state index in [1.54, 1.807) is 16.7 Å². The average Bonchev–Trinajstić information content (AvgIpc) is 2.90. The van der Waals surface area contributed by atoms with Crippen LogP contribution in [0.25, 0.3) is 0 Å². The van der Waals surface area contributed by atoms with Crippen molar-refractivity contribution >= 4 is 23.6 Å². The van der Waals surface area contributed by atoms with Crippen LogP contribution in [0.1, 0.15) is 55.4 Å². The summed E-state index contributed by atoms with van der Waals surface area (Å²) in [6, 6.07) is 7.37. The maximum absolute atomic E-state index is 12.8. The van der Waals surface area contributed by atoms with Crippen LogP contribution in [0.3, 0.4) is 0 Å². The van der Waals surface area contributed by atoms with Gasteiger partial charge in [0.15, 0.2) is 0 Å². The molecule has 3 atom stereocenters. The van der Waals surface area contributed by atoms with E-state index < -0.39 is 6.04 Å². The third kappa shape index (κ3) is 2.22. The molecule has 1 N–H and O–H groups in total. The lowest BCUT2D eigenvalue weighted by Crippen LogP contribution is -2.54. The number of fused-ring (bicyclic) bond motifs is 3. The normalized spacial score (nSPS) is 26.5. The summed E-state index contributed by atoms with van der Waals surface area (Å²) < 4.78 is -0.300. The van der Waals surface area contributed by atoms with E-state index in [-0.39, 0.29) is 28.0 Å². The van der Waals surface area contributed by atoms with E-state index in [0.29, 0.717) is 0 Å². The predicted molar refractivity (Wildman–Crippen MR) is 88.7 cm³/mol. The van der Waals surface area contributed by atoms with E-state index in [1.807, 2.05) is 52.0 Å². The summed E-state index contributed by atoms with van der Waals surface area (Å²) in [5, 5.41) is 2.99. The van der Waals surface area contributed by atoms with Gasteiger partial charge in [0.1, 0.15) is 11.4 Å². The maximum atomic E-state index is 12.8. The lowest BCUT2D eigenvalue weighted by atomic mass is 10.00. The average molecular weight is 318 g/mol. The monoisotopic (exact) mass is 318 g/mol. The Bertz CT molecular complexity index is 629. The van der Waals surface area contributed by atoms with Crippen LogP contribution in [0.2, 0.25) is 0 Å². The number of hydrogen-bond acceptors (Lipinski definition) is 3. The van der Waals surface area contributed by atoms with Crippen LogP contribution in [0.5, 0.6) is 0 Å². The highest BCUT2D eigenvalue weighted by atomic mass is 32.2. The molecule has 0 bridgehead atoms. The van der Waals surface area contributed by atoms with Gasteiger partial charge in [-0.05, 0) is 38.8 Å². The minimum atomic E-state index is -0.434. The number of benzene rings is 1. The molecule has 118 valence electrons. The van der Waals surface area contributed by atoms with Gasteiger partial charge >= 0.3 is 0 Å². The van der Waals surface area contributed by atoms with E-state index in [9.17, 15) is 9.59 Å². The second kappa shape index (κ2) is 5.30. The zero-order chi connectivity index (χ0) is 16.1. The third-order valence-corrected chi connectivity index (χ3v) is 6.08. The van der Waals surface area contributed by atoms with E-state index in [1.165, 1.54) is 0 Å². The molecular formula is C17H22N2O2S. The number of amides is 2. The maximum Gasteiger partial charge on any atom is 0.256 e. The van der Waals surface area contributed by atoms with E-state index in [0.717, 1.165) is 17.5 Å². The third-order valence-electron chi connectivity index (χ3n) is 4.55. The van der Waals surface area contributed by atoms with Crippen LogP contribution in [-0.4, -0.2) is 33.5 Å². The van der Waals surface area contributed by atoms with E-state index in [4.69, 9.17) is 0 Å². The van der Waals surface area contributed by atoms with Gasteiger partial charge in [0, 0.05) is 16.4 Å². The van der Waals surface area contributed by atoms with Crippen molar-refractivity contribution in [2.24, 2.45) is 0 Å². The molecule has 1 aromatic rings. The van der Waals surface area contributed by atoms with Crippen molar-refractivity contribution in [3.63, 3.8) is 0 Å². The second-order valence-corrected chi connectivity index (χ2v) is 8.33. The SMILES string of the molecule is CC[C@@H](C)NC(=O)[C@@H]1N2C(=O)c3ccccc3[C@@H]2SC1(C)C. The van der Waals surface area contributed by atoms with Gasteiger partial charge in [-0.15, -0.1) is 11.8 Å². The standard InChI is InChI=1S/C17H22N2O2S/c1-5-10(2)18-14(20)13-17(3,4)22-16-12-9-7-6-8-11(12)15(21)19(13)16/h6-10,13,16H,5H2,1-4H3,(H,18,20)/t10-,13+,16+/m1/s1. The Kier molecular flexibility index (Phi) is 3.71. The van der Waals surface area contributed by atoms with Gasteiger partial charge in [-0.25, -0.2) is 0 Å². The molecule has 3 rings (SSSR count). The smallest absolute Gasteiger partial charge is 0.256 e. The Labute approximate surface area is 135 Å². The van der Waals surface area contributed by atoms with Crippen LogP contribution < -0.4 is 5.32 Å². The molecule has 4 nitrogen and oxygen atoms in total. The summed E-state index contributed by atoms with van der Waals surface area (Å²) in [5.74, 6) is -0.0708.